The highest BCUT2D eigenvalue weighted by atomic mass is 19.3. The number of halogens is 2. The summed E-state index contributed by atoms with van der Waals surface area (Å²) >= 11 is 0. The van der Waals surface area contributed by atoms with Gasteiger partial charge in [-0.15, -0.1) is 5.10 Å². The van der Waals surface area contributed by atoms with Crippen LogP contribution in [0.25, 0.3) is 22.3 Å². The second kappa shape index (κ2) is 8.51. The minimum absolute atomic E-state index is 0.186. The SMILES string of the molecule is CCc1c(Nc2nc(-c3ccc(C(=O)NC4CCC(F)(F)C4)cc3)nn2C)ccc2[nH]ncc12. The smallest absolute Gasteiger partial charge is 0.251 e. The van der Waals surface area contributed by atoms with Crippen molar-refractivity contribution in [3.63, 3.8) is 0 Å². The van der Waals surface area contributed by atoms with Gasteiger partial charge in [0.1, 0.15) is 0 Å². The van der Waals surface area contributed by atoms with E-state index in [0.717, 1.165) is 34.1 Å². The van der Waals surface area contributed by atoms with Crippen LogP contribution < -0.4 is 10.6 Å². The molecule has 1 saturated carbocycles. The molecule has 0 spiro atoms. The van der Waals surface area contributed by atoms with Crippen LogP contribution in [-0.4, -0.2) is 42.8 Å². The Kier molecular flexibility index (Phi) is 5.51. The third-order valence-electron chi connectivity index (χ3n) is 6.24. The molecular weight excluding hydrogens is 440 g/mol. The predicted octanol–water partition coefficient (Wildman–Crippen LogP) is 4.58. The van der Waals surface area contributed by atoms with Crippen LogP contribution in [0.5, 0.6) is 0 Å². The van der Waals surface area contributed by atoms with E-state index in [1.807, 2.05) is 18.3 Å². The molecule has 0 saturated heterocycles. The van der Waals surface area contributed by atoms with Crippen LogP contribution >= 0.6 is 0 Å². The van der Waals surface area contributed by atoms with Gasteiger partial charge in [-0.1, -0.05) is 19.1 Å². The Morgan fingerprint density at radius 2 is 2.03 bits per heavy atom. The Bertz CT molecular complexity index is 1340. The Hall–Kier alpha value is -3.82. The van der Waals surface area contributed by atoms with E-state index >= 15 is 0 Å². The number of aromatic nitrogens is 5. The Balaban J connectivity index is 1.32. The van der Waals surface area contributed by atoms with Gasteiger partial charge in [0.15, 0.2) is 5.82 Å². The highest BCUT2D eigenvalue weighted by Crippen LogP contribution is 2.35. The fourth-order valence-corrected chi connectivity index (χ4v) is 4.42. The van der Waals surface area contributed by atoms with Gasteiger partial charge in [0.05, 0.1) is 11.7 Å². The van der Waals surface area contributed by atoms with Crippen LogP contribution in [0.2, 0.25) is 0 Å². The normalized spacial score (nSPS) is 17.2. The number of fused-ring (bicyclic) bond motifs is 1. The van der Waals surface area contributed by atoms with Crippen molar-refractivity contribution < 1.29 is 13.6 Å². The maximum absolute atomic E-state index is 13.4. The number of benzene rings is 2. The molecule has 1 atom stereocenters. The van der Waals surface area contributed by atoms with Crippen molar-refractivity contribution in [1.82, 2.24) is 30.3 Å². The molecule has 1 aliphatic rings. The quantitative estimate of drug-likeness (QED) is 0.387. The van der Waals surface area contributed by atoms with Crippen molar-refractivity contribution in [3.05, 3.63) is 53.7 Å². The summed E-state index contributed by atoms with van der Waals surface area (Å²) in [4.78, 5) is 17.1. The molecule has 4 aromatic rings. The van der Waals surface area contributed by atoms with Crippen LogP contribution in [0, 0.1) is 0 Å². The van der Waals surface area contributed by atoms with Crippen molar-refractivity contribution in [1.29, 1.82) is 0 Å². The van der Waals surface area contributed by atoms with Crippen molar-refractivity contribution in [2.75, 3.05) is 5.32 Å². The molecule has 2 aromatic heterocycles. The summed E-state index contributed by atoms with van der Waals surface area (Å²) in [5, 5.41) is 18.7. The number of aryl methyl sites for hydroxylation is 2. The van der Waals surface area contributed by atoms with Crippen molar-refractivity contribution >= 4 is 28.4 Å². The Morgan fingerprint density at radius 3 is 2.74 bits per heavy atom. The van der Waals surface area contributed by atoms with E-state index < -0.39 is 12.0 Å². The average Bonchev–Trinajstić information content (AvgIpc) is 3.52. The first-order chi connectivity index (χ1) is 16.3. The summed E-state index contributed by atoms with van der Waals surface area (Å²) in [5.41, 5.74) is 4.20. The van der Waals surface area contributed by atoms with Crippen molar-refractivity contribution in [2.24, 2.45) is 7.05 Å². The second-order valence-electron chi connectivity index (χ2n) is 8.63. The maximum atomic E-state index is 13.4. The van der Waals surface area contributed by atoms with E-state index in [9.17, 15) is 13.6 Å². The van der Waals surface area contributed by atoms with E-state index in [1.54, 1.807) is 36.0 Å². The molecule has 0 bridgehead atoms. The van der Waals surface area contributed by atoms with Gasteiger partial charge in [-0.3, -0.25) is 9.89 Å². The number of H-pyrrole nitrogens is 1. The van der Waals surface area contributed by atoms with E-state index in [2.05, 4.69) is 37.8 Å². The third kappa shape index (κ3) is 4.23. The molecule has 2 aromatic carbocycles. The number of nitrogens with zero attached hydrogens (tertiary/aromatic N) is 4. The number of anilines is 2. The zero-order valence-electron chi connectivity index (χ0n) is 18.9. The molecular formula is C24H25F2N7O. The van der Waals surface area contributed by atoms with Gasteiger partial charge in [-0.25, -0.2) is 13.5 Å². The number of hydrogen-bond donors (Lipinski definition) is 3. The van der Waals surface area contributed by atoms with Crippen molar-refractivity contribution in [3.8, 4) is 11.4 Å². The van der Waals surface area contributed by atoms with Crippen LogP contribution in [-0.2, 0) is 13.5 Å². The molecule has 1 amide bonds. The van der Waals surface area contributed by atoms with E-state index in [4.69, 9.17) is 0 Å². The van der Waals surface area contributed by atoms with Gasteiger partial charge < -0.3 is 10.6 Å². The minimum Gasteiger partial charge on any atom is -0.349 e. The van der Waals surface area contributed by atoms with Gasteiger partial charge in [-0.2, -0.15) is 10.1 Å². The third-order valence-corrected chi connectivity index (χ3v) is 6.24. The number of carbonyl (C=O) groups is 1. The number of amides is 1. The lowest BCUT2D eigenvalue weighted by Crippen LogP contribution is -2.33. The molecule has 5 rings (SSSR count). The number of nitrogens with one attached hydrogen (secondary N) is 3. The predicted molar refractivity (Wildman–Crippen MR) is 125 cm³/mol. The first-order valence-corrected chi connectivity index (χ1v) is 11.2. The number of hydrogen-bond acceptors (Lipinski definition) is 5. The number of aromatic amines is 1. The molecule has 176 valence electrons. The lowest BCUT2D eigenvalue weighted by Gasteiger charge is -2.13. The number of alkyl halides is 2. The van der Waals surface area contributed by atoms with Crippen molar-refractivity contribution in [2.45, 2.75) is 44.6 Å². The topological polar surface area (TPSA) is 101 Å². The Morgan fingerprint density at radius 1 is 1.24 bits per heavy atom. The molecule has 8 nitrogen and oxygen atoms in total. The molecule has 2 heterocycles. The summed E-state index contributed by atoms with van der Waals surface area (Å²) in [6.07, 6.45) is 2.44. The first-order valence-electron chi connectivity index (χ1n) is 11.2. The highest BCUT2D eigenvalue weighted by molar-refractivity contribution is 5.94. The van der Waals surface area contributed by atoms with Gasteiger partial charge in [-0.05, 0) is 42.7 Å². The standard InChI is InChI=1S/C24H25F2N7O/c1-3-17-18-13-27-31-20(18)9-8-19(17)29-23-30-21(32-33(23)2)14-4-6-15(7-5-14)22(34)28-16-10-11-24(25,26)12-16/h4-9,13,16H,3,10-12H2,1-2H3,(H,27,31)(H,28,34)(H,29,30,32). The minimum atomic E-state index is -2.69. The van der Waals surface area contributed by atoms with E-state index in [0.29, 0.717) is 17.3 Å². The van der Waals surface area contributed by atoms with Crippen LogP contribution in [0.3, 0.4) is 0 Å². The zero-order valence-corrected chi connectivity index (χ0v) is 18.9. The summed E-state index contributed by atoms with van der Waals surface area (Å²) in [6.45, 7) is 2.09. The molecule has 0 aliphatic heterocycles. The van der Waals surface area contributed by atoms with Crippen LogP contribution in [0.15, 0.2) is 42.6 Å². The molecule has 1 fully saturated rings. The highest BCUT2D eigenvalue weighted by Gasteiger charge is 2.40. The molecule has 0 radical (unpaired) electrons. The van der Waals surface area contributed by atoms with Gasteiger partial charge in [0, 0.05) is 48.1 Å². The molecule has 34 heavy (non-hydrogen) atoms. The van der Waals surface area contributed by atoms with E-state index in [-0.39, 0.29) is 25.2 Å². The maximum Gasteiger partial charge on any atom is 0.251 e. The largest absolute Gasteiger partial charge is 0.349 e. The molecule has 1 aliphatic carbocycles. The lowest BCUT2D eigenvalue weighted by molar-refractivity contribution is 0.00711. The number of rotatable bonds is 6. The van der Waals surface area contributed by atoms with E-state index in [1.165, 1.54) is 0 Å². The van der Waals surface area contributed by atoms with Crippen LogP contribution in [0.4, 0.5) is 20.4 Å². The molecule has 1 unspecified atom stereocenters. The zero-order chi connectivity index (χ0) is 23.9. The van der Waals surface area contributed by atoms with Crippen LogP contribution in [0.1, 0.15) is 42.1 Å². The summed E-state index contributed by atoms with van der Waals surface area (Å²) in [5.74, 6) is -1.96. The molecule has 10 heteroatoms. The lowest BCUT2D eigenvalue weighted by atomic mass is 10.1. The second-order valence-corrected chi connectivity index (χ2v) is 8.63. The van der Waals surface area contributed by atoms with Gasteiger partial charge >= 0.3 is 0 Å². The monoisotopic (exact) mass is 465 g/mol. The fraction of sp³-hybridized carbons (Fsp3) is 0.333. The average molecular weight is 466 g/mol. The molecule has 3 N–H and O–H groups in total. The summed E-state index contributed by atoms with van der Waals surface area (Å²) in [7, 11) is 1.81. The first kappa shape index (κ1) is 22.0. The number of carbonyl (C=O) groups excluding carboxylic acids is 1. The summed E-state index contributed by atoms with van der Waals surface area (Å²) < 4.78 is 28.4. The fourth-order valence-electron chi connectivity index (χ4n) is 4.42. The Labute approximate surface area is 194 Å². The van der Waals surface area contributed by atoms with Gasteiger partial charge in [0.2, 0.25) is 11.9 Å². The summed E-state index contributed by atoms with van der Waals surface area (Å²) in [6, 6.07) is 10.3. The van der Waals surface area contributed by atoms with Gasteiger partial charge in [0.25, 0.3) is 5.91 Å².